The molecule has 9 heteroatoms. The van der Waals surface area contributed by atoms with E-state index in [9.17, 15) is 9.18 Å². The molecule has 0 amide bonds. The van der Waals surface area contributed by atoms with Gasteiger partial charge in [-0.15, -0.1) is 0 Å². The van der Waals surface area contributed by atoms with Gasteiger partial charge in [0.2, 0.25) is 11.7 Å². The van der Waals surface area contributed by atoms with E-state index >= 15 is 0 Å². The molecule has 3 rings (SSSR count). The van der Waals surface area contributed by atoms with Gasteiger partial charge in [0.15, 0.2) is 5.67 Å². The molecule has 0 saturated heterocycles. The summed E-state index contributed by atoms with van der Waals surface area (Å²) in [4.78, 5) is 19.2. The number of aromatic nitrogens is 4. The van der Waals surface area contributed by atoms with E-state index in [2.05, 4.69) is 15.1 Å². The molecule has 3 aromatic rings. The summed E-state index contributed by atoms with van der Waals surface area (Å²) in [6.07, 6.45) is 3.09. The van der Waals surface area contributed by atoms with Gasteiger partial charge in [0.1, 0.15) is 11.4 Å². The number of benzene rings is 1. The van der Waals surface area contributed by atoms with Gasteiger partial charge in [-0.25, -0.2) is 14.1 Å². The van der Waals surface area contributed by atoms with Crippen molar-refractivity contribution in [2.24, 2.45) is 0 Å². The number of halogens is 3. The van der Waals surface area contributed by atoms with Crippen LogP contribution in [0.15, 0.2) is 41.5 Å². The van der Waals surface area contributed by atoms with Crippen molar-refractivity contribution in [1.29, 1.82) is 0 Å². The van der Waals surface area contributed by atoms with E-state index in [1.165, 1.54) is 42.9 Å². The van der Waals surface area contributed by atoms with Crippen LogP contribution in [0.3, 0.4) is 0 Å². The summed E-state index contributed by atoms with van der Waals surface area (Å²) in [5, 5.41) is 4.56. The number of nitrogens with zero attached hydrogens (tertiary/aromatic N) is 3. The van der Waals surface area contributed by atoms with Crippen LogP contribution in [0.5, 0.6) is 11.5 Å². The van der Waals surface area contributed by atoms with Gasteiger partial charge in [-0.1, -0.05) is 23.2 Å². The predicted molar refractivity (Wildman–Crippen MR) is 92.6 cm³/mol. The van der Waals surface area contributed by atoms with Crippen molar-refractivity contribution in [3.05, 3.63) is 62.8 Å². The number of alkyl halides is 1. The number of nitrogens with one attached hydrogen (secondary N) is 1. The molecule has 6 nitrogen and oxygen atoms in total. The van der Waals surface area contributed by atoms with Crippen LogP contribution in [0, 0.1) is 0 Å². The number of hydrogen-bond donors (Lipinski definition) is 1. The first kappa shape index (κ1) is 17.4. The van der Waals surface area contributed by atoms with E-state index in [1.54, 1.807) is 12.3 Å². The third kappa shape index (κ3) is 3.67. The maximum Gasteiger partial charge on any atom is 0.295 e. The highest BCUT2D eigenvalue weighted by molar-refractivity contribution is 6.42. The van der Waals surface area contributed by atoms with Gasteiger partial charge in [0, 0.05) is 18.5 Å². The Balaban J connectivity index is 2.12. The Morgan fingerprint density at radius 1 is 1.28 bits per heavy atom. The number of H-pyrrole nitrogens is 1. The third-order valence-electron chi connectivity index (χ3n) is 3.26. The van der Waals surface area contributed by atoms with E-state index in [0.717, 1.165) is 0 Å². The Bertz CT molecular complexity index is 965. The number of rotatable bonds is 4. The van der Waals surface area contributed by atoms with Crippen LogP contribution in [0.4, 0.5) is 4.39 Å². The molecule has 0 aliphatic rings. The zero-order chi connectivity index (χ0) is 18.2. The first-order valence-corrected chi connectivity index (χ1v) is 7.98. The molecular weight excluding hydrogens is 370 g/mol. The molecule has 25 heavy (non-hydrogen) atoms. The molecule has 0 bridgehead atoms. The highest BCUT2D eigenvalue weighted by Crippen LogP contribution is 2.33. The summed E-state index contributed by atoms with van der Waals surface area (Å²) in [5.74, 6) is 0.0537. The van der Waals surface area contributed by atoms with E-state index < -0.39 is 11.2 Å². The quantitative estimate of drug-likeness (QED) is 0.731. The van der Waals surface area contributed by atoms with E-state index in [-0.39, 0.29) is 28.2 Å². The molecule has 1 N–H and O–H groups in total. The summed E-state index contributed by atoms with van der Waals surface area (Å²) in [6.45, 7) is 2.56. The van der Waals surface area contributed by atoms with Crippen LogP contribution < -0.4 is 10.3 Å². The van der Waals surface area contributed by atoms with Gasteiger partial charge in [0.25, 0.3) is 5.56 Å². The average molecular weight is 383 g/mol. The zero-order valence-electron chi connectivity index (χ0n) is 13.3. The lowest BCUT2D eigenvalue weighted by molar-refractivity contribution is 0.207. The van der Waals surface area contributed by atoms with Gasteiger partial charge in [-0.3, -0.25) is 9.78 Å². The Morgan fingerprint density at radius 2 is 2.04 bits per heavy atom. The van der Waals surface area contributed by atoms with Crippen LogP contribution in [-0.4, -0.2) is 19.7 Å². The first-order valence-electron chi connectivity index (χ1n) is 7.22. The number of hydrogen-bond acceptors (Lipinski definition) is 4. The molecule has 130 valence electrons. The third-order valence-corrected chi connectivity index (χ3v) is 4.00. The molecule has 0 aliphatic heterocycles. The van der Waals surface area contributed by atoms with Crippen LogP contribution in [0.25, 0.3) is 5.95 Å². The van der Waals surface area contributed by atoms with E-state index in [0.29, 0.717) is 5.02 Å². The van der Waals surface area contributed by atoms with Crippen LogP contribution >= 0.6 is 23.2 Å². The van der Waals surface area contributed by atoms with Gasteiger partial charge >= 0.3 is 0 Å². The van der Waals surface area contributed by atoms with Crippen molar-refractivity contribution < 1.29 is 9.13 Å². The highest BCUT2D eigenvalue weighted by Gasteiger charge is 2.29. The van der Waals surface area contributed by atoms with Crippen LogP contribution in [0.2, 0.25) is 10.0 Å². The molecule has 0 atom stereocenters. The average Bonchev–Trinajstić information content (AvgIpc) is 3.06. The molecule has 0 unspecified atom stereocenters. The SMILES string of the molecule is CC(C)(F)c1nc(-n2cccn2)[nH]c(=O)c1Oc1ccc(Cl)c(Cl)c1. The van der Waals surface area contributed by atoms with E-state index in [4.69, 9.17) is 27.9 Å². The van der Waals surface area contributed by atoms with Crippen molar-refractivity contribution in [2.45, 2.75) is 19.5 Å². The Kier molecular flexibility index (Phi) is 4.53. The summed E-state index contributed by atoms with van der Waals surface area (Å²) in [7, 11) is 0. The Hall–Kier alpha value is -2.38. The summed E-state index contributed by atoms with van der Waals surface area (Å²) in [6, 6.07) is 6.11. The Morgan fingerprint density at radius 3 is 2.64 bits per heavy atom. The summed E-state index contributed by atoms with van der Waals surface area (Å²) in [5.41, 5.74) is -2.73. The maximum atomic E-state index is 14.7. The minimum atomic E-state index is -1.93. The monoisotopic (exact) mass is 382 g/mol. The first-order chi connectivity index (χ1) is 11.8. The fourth-order valence-electron chi connectivity index (χ4n) is 2.11. The van der Waals surface area contributed by atoms with Crippen molar-refractivity contribution in [2.75, 3.05) is 0 Å². The summed E-state index contributed by atoms with van der Waals surface area (Å²) >= 11 is 11.8. The molecule has 0 saturated carbocycles. The highest BCUT2D eigenvalue weighted by atomic mass is 35.5. The molecule has 0 fully saturated rings. The molecule has 1 aromatic carbocycles. The van der Waals surface area contributed by atoms with Crippen LogP contribution in [0.1, 0.15) is 19.5 Å². The summed E-state index contributed by atoms with van der Waals surface area (Å²) < 4.78 is 21.5. The fourth-order valence-corrected chi connectivity index (χ4v) is 2.40. The predicted octanol–water partition coefficient (Wildman–Crippen LogP) is 4.26. The minimum Gasteiger partial charge on any atom is -0.449 e. The van der Waals surface area contributed by atoms with Crippen molar-refractivity contribution in [3.8, 4) is 17.4 Å². The molecule has 0 spiro atoms. The largest absolute Gasteiger partial charge is 0.449 e. The second-order valence-electron chi connectivity index (χ2n) is 5.67. The van der Waals surface area contributed by atoms with Crippen LogP contribution in [-0.2, 0) is 5.67 Å². The van der Waals surface area contributed by atoms with Crippen molar-refractivity contribution in [3.63, 3.8) is 0 Å². The number of aromatic amines is 1. The van der Waals surface area contributed by atoms with Crippen molar-refractivity contribution >= 4 is 23.2 Å². The normalized spacial score (nSPS) is 11.6. The Labute approximate surface area is 152 Å². The molecule has 2 heterocycles. The lowest BCUT2D eigenvalue weighted by Gasteiger charge is -2.18. The standard InChI is InChI=1S/C16H13Cl2FN4O2/c1-16(2,19)13-12(25-9-4-5-10(17)11(18)8-9)14(24)22-15(21-13)23-7-3-6-20-23/h3-8H,1-2H3,(H,21,22,24). The molecular formula is C16H13Cl2FN4O2. The second-order valence-corrected chi connectivity index (χ2v) is 6.48. The van der Waals surface area contributed by atoms with Crippen molar-refractivity contribution in [1.82, 2.24) is 19.7 Å². The second kappa shape index (κ2) is 6.50. The molecule has 2 aromatic heterocycles. The van der Waals surface area contributed by atoms with Gasteiger partial charge in [-0.05, 0) is 32.0 Å². The van der Waals surface area contributed by atoms with Gasteiger partial charge in [0.05, 0.1) is 10.0 Å². The topological polar surface area (TPSA) is 72.8 Å². The molecule has 0 radical (unpaired) electrons. The minimum absolute atomic E-state index is 0.0808. The lowest BCUT2D eigenvalue weighted by Crippen LogP contribution is -2.24. The van der Waals surface area contributed by atoms with Gasteiger partial charge in [-0.2, -0.15) is 5.10 Å². The maximum absolute atomic E-state index is 14.7. The number of ether oxygens (including phenoxy) is 1. The lowest BCUT2D eigenvalue weighted by atomic mass is 10.1. The smallest absolute Gasteiger partial charge is 0.295 e. The van der Waals surface area contributed by atoms with E-state index in [1.807, 2.05) is 0 Å². The van der Waals surface area contributed by atoms with Gasteiger partial charge < -0.3 is 4.74 Å². The molecule has 0 aliphatic carbocycles. The fraction of sp³-hybridized carbons (Fsp3) is 0.188. The zero-order valence-corrected chi connectivity index (χ0v) is 14.8.